The molecule has 2 rings (SSSR count). The Balaban J connectivity index is 2.03. The highest BCUT2D eigenvalue weighted by molar-refractivity contribution is 5.73. The maximum atomic E-state index is 10.9. The van der Waals surface area contributed by atoms with E-state index in [0.717, 1.165) is 12.5 Å². The Bertz CT molecular complexity index is 229. The first-order chi connectivity index (χ1) is 6.70. The number of carboxylic acids is 1. The number of hydrogen-bond donors (Lipinski definition) is 1. The number of rotatable bonds is 2. The van der Waals surface area contributed by atoms with Crippen LogP contribution in [0.1, 0.15) is 39.0 Å². The fourth-order valence-electron chi connectivity index (χ4n) is 3.06. The Morgan fingerprint density at radius 2 is 2.07 bits per heavy atom. The van der Waals surface area contributed by atoms with Gasteiger partial charge in [-0.3, -0.25) is 9.69 Å². The molecule has 3 unspecified atom stereocenters. The molecule has 0 radical (unpaired) electrons. The maximum absolute atomic E-state index is 10.9. The van der Waals surface area contributed by atoms with Gasteiger partial charge < -0.3 is 5.11 Å². The van der Waals surface area contributed by atoms with Crippen molar-refractivity contribution < 1.29 is 9.90 Å². The van der Waals surface area contributed by atoms with Gasteiger partial charge in [-0.1, -0.05) is 12.8 Å². The lowest BCUT2D eigenvalue weighted by atomic mass is 9.85. The van der Waals surface area contributed by atoms with E-state index in [2.05, 4.69) is 4.90 Å². The summed E-state index contributed by atoms with van der Waals surface area (Å²) in [5.41, 5.74) is 0. The minimum atomic E-state index is -0.670. The molecule has 0 amide bonds. The zero-order valence-corrected chi connectivity index (χ0v) is 8.78. The molecule has 0 bridgehead atoms. The summed E-state index contributed by atoms with van der Waals surface area (Å²) in [5.74, 6) is 0.113. The van der Waals surface area contributed by atoms with Crippen LogP contribution >= 0.6 is 0 Å². The predicted octanol–water partition coefficient (Wildman–Crippen LogP) is 1.72. The molecule has 3 atom stereocenters. The molecular formula is C11H19NO2. The lowest BCUT2D eigenvalue weighted by Crippen LogP contribution is -2.44. The first kappa shape index (κ1) is 9.97. The van der Waals surface area contributed by atoms with Gasteiger partial charge in [-0.05, 0) is 38.6 Å². The average Bonchev–Trinajstić information content (AvgIpc) is 2.60. The number of likely N-dealkylation sites (tertiary alicyclic amines) is 1. The van der Waals surface area contributed by atoms with Crippen LogP contribution in [-0.4, -0.2) is 34.6 Å². The van der Waals surface area contributed by atoms with Gasteiger partial charge in [0, 0.05) is 6.04 Å². The molecule has 0 spiro atoms. The number of fused-ring (bicyclic) bond motifs is 1. The molecule has 3 nitrogen and oxygen atoms in total. The second-order valence-electron chi connectivity index (χ2n) is 4.65. The summed E-state index contributed by atoms with van der Waals surface area (Å²) in [6.45, 7) is 2.81. The second kappa shape index (κ2) is 3.89. The summed E-state index contributed by atoms with van der Waals surface area (Å²) in [5, 5.41) is 8.99. The van der Waals surface area contributed by atoms with Crippen molar-refractivity contribution in [2.75, 3.05) is 6.54 Å². The molecule has 1 aliphatic carbocycles. The number of aliphatic carboxylic acids is 1. The molecule has 14 heavy (non-hydrogen) atoms. The van der Waals surface area contributed by atoms with Gasteiger partial charge in [-0.2, -0.15) is 0 Å². The van der Waals surface area contributed by atoms with Crippen LogP contribution in [0.3, 0.4) is 0 Å². The van der Waals surface area contributed by atoms with E-state index in [1.807, 2.05) is 6.92 Å². The van der Waals surface area contributed by atoms with Gasteiger partial charge >= 0.3 is 5.97 Å². The van der Waals surface area contributed by atoms with Crippen molar-refractivity contribution >= 4 is 5.97 Å². The highest BCUT2D eigenvalue weighted by atomic mass is 16.4. The van der Waals surface area contributed by atoms with Crippen LogP contribution in [0.5, 0.6) is 0 Å². The van der Waals surface area contributed by atoms with Crippen LogP contribution in [0, 0.1) is 5.92 Å². The monoisotopic (exact) mass is 197 g/mol. The van der Waals surface area contributed by atoms with Crippen molar-refractivity contribution in [3.8, 4) is 0 Å². The third kappa shape index (κ3) is 1.65. The molecule has 0 aromatic carbocycles. The van der Waals surface area contributed by atoms with Crippen LogP contribution in [0.2, 0.25) is 0 Å². The molecule has 1 N–H and O–H groups in total. The number of carboxylic acid groups (broad SMARTS) is 1. The van der Waals surface area contributed by atoms with Crippen LogP contribution in [0.15, 0.2) is 0 Å². The van der Waals surface area contributed by atoms with E-state index in [1.54, 1.807) is 0 Å². The Hall–Kier alpha value is -0.570. The smallest absolute Gasteiger partial charge is 0.320 e. The summed E-state index contributed by atoms with van der Waals surface area (Å²) >= 11 is 0. The second-order valence-corrected chi connectivity index (χ2v) is 4.65. The van der Waals surface area contributed by atoms with Gasteiger partial charge in [-0.15, -0.1) is 0 Å². The molecule has 1 saturated carbocycles. The van der Waals surface area contributed by atoms with Gasteiger partial charge in [0.05, 0.1) is 0 Å². The topological polar surface area (TPSA) is 40.5 Å². The van der Waals surface area contributed by atoms with Crippen molar-refractivity contribution in [2.24, 2.45) is 5.92 Å². The van der Waals surface area contributed by atoms with Crippen molar-refractivity contribution in [2.45, 2.75) is 51.1 Å². The number of carbonyl (C=O) groups is 1. The van der Waals surface area contributed by atoms with E-state index in [4.69, 9.17) is 5.11 Å². The molecule has 1 saturated heterocycles. The Kier molecular flexibility index (Phi) is 2.77. The van der Waals surface area contributed by atoms with Crippen LogP contribution in [0.25, 0.3) is 0 Å². The molecule has 1 heterocycles. The zero-order valence-electron chi connectivity index (χ0n) is 8.78. The summed E-state index contributed by atoms with van der Waals surface area (Å²) in [6, 6.07) is 0.276. The van der Waals surface area contributed by atoms with Gasteiger partial charge in [-0.25, -0.2) is 0 Å². The molecule has 0 aromatic rings. The fraction of sp³-hybridized carbons (Fsp3) is 0.909. The number of hydrogen-bond acceptors (Lipinski definition) is 2. The fourth-order valence-corrected chi connectivity index (χ4v) is 3.06. The third-order valence-corrected chi connectivity index (χ3v) is 3.91. The normalized spacial score (nSPS) is 35.2. The van der Waals surface area contributed by atoms with Gasteiger partial charge in [0.1, 0.15) is 6.04 Å². The first-order valence-electron chi connectivity index (χ1n) is 5.68. The molecule has 1 aliphatic heterocycles. The molecular weight excluding hydrogens is 178 g/mol. The van der Waals surface area contributed by atoms with E-state index in [0.29, 0.717) is 6.04 Å². The van der Waals surface area contributed by atoms with Crippen molar-refractivity contribution in [1.29, 1.82) is 0 Å². The first-order valence-corrected chi connectivity index (χ1v) is 5.68. The Morgan fingerprint density at radius 1 is 1.36 bits per heavy atom. The van der Waals surface area contributed by atoms with E-state index < -0.39 is 5.97 Å². The quantitative estimate of drug-likeness (QED) is 0.732. The lowest BCUT2D eigenvalue weighted by Gasteiger charge is -2.33. The van der Waals surface area contributed by atoms with Crippen LogP contribution in [0.4, 0.5) is 0 Å². The van der Waals surface area contributed by atoms with Crippen molar-refractivity contribution in [1.82, 2.24) is 4.90 Å². The Labute approximate surface area is 85.1 Å². The van der Waals surface area contributed by atoms with Crippen molar-refractivity contribution in [3.05, 3.63) is 0 Å². The van der Waals surface area contributed by atoms with Gasteiger partial charge in [0.15, 0.2) is 0 Å². The van der Waals surface area contributed by atoms with E-state index >= 15 is 0 Å². The summed E-state index contributed by atoms with van der Waals surface area (Å²) in [6.07, 6.45) is 6.36. The Morgan fingerprint density at radius 3 is 2.79 bits per heavy atom. The average molecular weight is 197 g/mol. The highest BCUT2D eigenvalue weighted by Crippen LogP contribution is 2.37. The molecule has 0 aromatic heterocycles. The summed E-state index contributed by atoms with van der Waals surface area (Å²) in [4.78, 5) is 13.1. The lowest BCUT2D eigenvalue weighted by molar-refractivity contribution is -0.143. The van der Waals surface area contributed by atoms with E-state index in [1.165, 1.54) is 32.1 Å². The number of nitrogens with zero attached hydrogens (tertiary/aromatic N) is 1. The highest BCUT2D eigenvalue weighted by Gasteiger charge is 2.39. The van der Waals surface area contributed by atoms with E-state index in [9.17, 15) is 4.79 Å². The molecule has 2 aliphatic rings. The standard InChI is InChI=1S/C11H19NO2/c1-8(11(13)14)12-7-6-9-4-2-3-5-10(9)12/h8-10H,2-7H2,1H3,(H,13,14). The molecule has 3 heteroatoms. The SMILES string of the molecule is CC(C(=O)O)N1CCC2CCCCC21. The maximum Gasteiger partial charge on any atom is 0.320 e. The largest absolute Gasteiger partial charge is 0.480 e. The zero-order chi connectivity index (χ0) is 10.1. The molecule has 2 fully saturated rings. The third-order valence-electron chi connectivity index (χ3n) is 3.91. The van der Waals surface area contributed by atoms with Crippen LogP contribution < -0.4 is 0 Å². The minimum Gasteiger partial charge on any atom is -0.480 e. The van der Waals surface area contributed by atoms with Crippen LogP contribution in [-0.2, 0) is 4.79 Å². The van der Waals surface area contributed by atoms with E-state index in [-0.39, 0.29) is 6.04 Å². The summed E-state index contributed by atoms with van der Waals surface area (Å²) in [7, 11) is 0. The van der Waals surface area contributed by atoms with Crippen molar-refractivity contribution in [3.63, 3.8) is 0 Å². The van der Waals surface area contributed by atoms with Gasteiger partial charge in [0.2, 0.25) is 0 Å². The minimum absolute atomic E-state index is 0.289. The summed E-state index contributed by atoms with van der Waals surface area (Å²) < 4.78 is 0. The van der Waals surface area contributed by atoms with Gasteiger partial charge in [0.25, 0.3) is 0 Å². The predicted molar refractivity (Wildman–Crippen MR) is 54.2 cm³/mol. The molecule has 80 valence electrons.